The lowest BCUT2D eigenvalue weighted by Gasteiger charge is -2.14. The lowest BCUT2D eigenvalue weighted by molar-refractivity contribution is -0.122. The van der Waals surface area contributed by atoms with Crippen LogP contribution < -0.4 is 5.32 Å². The monoisotopic (exact) mass is 454 g/mol. The number of carbonyl (C=O) groups is 2. The quantitative estimate of drug-likeness (QED) is 0.487. The van der Waals surface area contributed by atoms with Gasteiger partial charge in [-0.3, -0.25) is 14.5 Å². The second-order valence-corrected chi connectivity index (χ2v) is 8.22. The Morgan fingerprint density at radius 1 is 1.21 bits per heavy atom. The maximum atomic E-state index is 13.8. The maximum absolute atomic E-state index is 13.8. The van der Waals surface area contributed by atoms with Crippen LogP contribution in [0.2, 0.25) is 10.0 Å². The number of rotatable bonds is 5. The Morgan fingerprint density at radius 2 is 1.96 bits per heavy atom. The Balaban J connectivity index is 1.64. The molecule has 144 valence electrons. The molecule has 1 aliphatic heterocycles. The number of hydrogen-bond acceptors (Lipinski definition) is 4. The van der Waals surface area contributed by atoms with Gasteiger partial charge < -0.3 is 5.32 Å². The van der Waals surface area contributed by atoms with Gasteiger partial charge in [0.25, 0.3) is 5.91 Å². The van der Waals surface area contributed by atoms with Crippen molar-refractivity contribution < 1.29 is 14.0 Å². The summed E-state index contributed by atoms with van der Waals surface area (Å²) in [4.78, 5) is 26.4. The van der Waals surface area contributed by atoms with Crippen molar-refractivity contribution in [1.82, 2.24) is 4.90 Å². The summed E-state index contributed by atoms with van der Waals surface area (Å²) in [6.45, 7) is 0.100. The van der Waals surface area contributed by atoms with Crippen molar-refractivity contribution in [2.75, 3.05) is 11.9 Å². The van der Waals surface area contributed by atoms with Gasteiger partial charge in [-0.05, 0) is 24.3 Å². The van der Waals surface area contributed by atoms with Crippen LogP contribution in [0.5, 0.6) is 0 Å². The summed E-state index contributed by atoms with van der Waals surface area (Å²) < 4.78 is 14.1. The van der Waals surface area contributed by atoms with E-state index in [0.717, 1.165) is 11.8 Å². The van der Waals surface area contributed by atoms with E-state index in [1.165, 1.54) is 17.0 Å². The molecule has 0 atom stereocenters. The van der Waals surface area contributed by atoms with Crippen LogP contribution in [0.3, 0.4) is 0 Å². The molecule has 0 aromatic heterocycles. The van der Waals surface area contributed by atoms with Crippen LogP contribution in [-0.2, 0) is 9.59 Å². The number of nitrogens with one attached hydrogen (secondary N) is 1. The van der Waals surface area contributed by atoms with Crippen LogP contribution in [-0.4, -0.2) is 27.6 Å². The Kier molecular flexibility index (Phi) is 6.72. The van der Waals surface area contributed by atoms with Gasteiger partial charge in [-0.15, -0.1) is 0 Å². The number of thiocarbonyl (C=S) groups is 1. The summed E-state index contributed by atoms with van der Waals surface area (Å²) in [5, 5.41) is 3.23. The van der Waals surface area contributed by atoms with Gasteiger partial charge in [0.05, 0.1) is 20.6 Å². The van der Waals surface area contributed by atoms with E-state index in [2.05, 4.69) is 5.32 Å². The third-order valence-electron chi connectivity index (χ3n) is 3.85. The number of anilines is 1. The summed E-state index contributed by atoms with van der Waals surface area (Å²) in [5.74, 6) is -1.12. The molecule has 1 heterocycles. The Labute approximate surface area is 180 Å². The van der Waals surface area contributed by atoms with E-state index >= 15 is 0 Å². The molecule has 3 rings (SSSR count). The zero-order chi connectivity index (χ0) is 20.3. The first kappa shape index (κ1) is 20.8. The van der Waals surface area contributed by atoms with E-state index < -0.39 is 5.82 Å². The molecule has 4 nitrogen and oxygen atoms in total. The van der Waals surface area contributed by atoms with Crippen molar-refractivity contribution in [1.29, 1.82) is 0 Å². The predicted molar refractivity (Wildman–Crippen MR) is 116 cm³/mol. The lowest BCUT2D eigenvalue weighted by Crippen LogP contribution is -2.31. The standard InChI is InChI=1S/C19H13Cl2FN2O2S2/c20-12-5-3-7-14(17(12)21)23-16(25)8-9-24-18(26)15(28-19(24)27)10-11-4-1-2-6-13(11)22/h1-7,10H,8-9H2,(H,23,25)/b15-10-. The van der Waals surface area contributed by atoms with E-state index in [1.807, 2.05) is 0 Å². The molecule has 1 saturated heterocycles. The SMILES string of the molecule is O=C(CCN1C(=O)/C(=C/c2ccccc2F)SC1=S)Nc1cccc(Cl)c1Cl. The molecule has 1 N–H and O–H groups in total. The molecule has 2 aromatic rings. The number of benzene rings is 2. The van der Waals surface area contributed by atoms with E-state index in [-0.39, 0.29) is 29.8 Å². The second-order valence-electron chi connectivity index (χ2n) is 5.75. The number of nitrogens with zero attached hydrogens (tertiary/aromatic N) is 1. The van der Waals surface area contributed by atoms with Crippen LogP contribution in [0.25, 0.3) is 6.08 Å². The highest BCUT2D eigenvalue weighted by Crippen LogP contribution is 2.33. The highest BCUT2D eigenvalue weighted by atomic mass is 35.5. The summed E-state index contributed by atoms with van der Waals surface area (Å²) in [6, 6.07) is 11.1. The fraction of sp³-hybridized carbons (Fsp3) is 0.105. The molecule has 2 aromatic carbocycles. The second kappa shape index (κ2) is 9.05. The Bertz CT molecular complexity index is 998. The van der Waals surface area contributed by atoms with E-state index in [0.29, 0.717) is 25.5 Å². The van der Waals surface area contributed by atoms with Gasteiger partial charge >= 0.3 is 0 Å². The number of halogens is 3. The zero-order valence-corrected chi connectivity index (χ0v) is 17.4. The highest BCUT2D eigenvalue weighted by Gasteiger charge is 2.32. The van der Waals surface area contributed by atoms with Crippen LogP contribution in [0.15, 0.2) is 47.4 Å². The molecule has 1 aliphatic rings. The Morgan fingerprint density at radius 3 is 2.71 bits per heavy atom. The molecule has 0 bridgehead atoms. The molecule has 0 unspecified atom stereocenters. The first-order valence-corrected chi connectivity index (χ1v) is 10.1. The van der Waals surface area contributed by atoms with Crippen LogP contribution in [0.1, 0.15) is 12.0 Å². The number of amides is 2. The first-order chi connectivity index (χ1) is 13.4. The fourth-order valence-corrected chi connectivity index (χ4v) is 4.10. The molecule has 28 heavy (non-hydrogen) atoms. The van der Waals surface area contributed by atoms with Crippen LogP contribution in [0, 0.1) is 5.82 Å². The molecule has 0 aliphatic carbocycles. The van der Waals surface area contributed by atoms with Gasteiger partial charge in [0.1, 0.15) is 10.1 Å². The fourth-order valence-electron chi connectivity index (χ4n) is 2.45. The lowest BCUT2D eigenvalue weighted by atomic mass is 10.2. The van der Waals surface area contributed by atoms with Crippen LogP contribution >= 0.6 is 47.2 Å². The van der Waals surface area contributed by atoms with Crippen LogP contribution in [0.4, 0.5) is 10.1 Å². The van der Waals surface area contributed by atoms with Crippen molar-refractivity contribution in [2.24, 2.45) is 0 Å². The smallest absolute Gasteiger partial charge is 0.266 e. The minimum atomic E-state index is -0.425. The van der Waals surface area contributed by atoms with Gasteiger partial charge in [0.15, 0.2) is 0 Å². The average Bonchev–Trinajstić information content (AvgIpc) is 2.92. The predicted octanol–water partition coefficient (Wildman–Crippen LogP) is 5.36. The molecule has 0 spiro atoms. The van der Waals surface area contributed by atoms with Crippen molar-refractivity contribution in [3.8, 4) is 0 Å². The van der Waals surface area contributed by atoms with Gasteiger partial charge in [0.2, 0.25) is 5.91 Å². The topological polar surface area (TPSA) is 49.4 Å². The molecule has 2 amide bonds. The van der Waals surface area contributed by atoms with Crippen molar-refractivity contribution >= 4 is 75.1 Å². The maximum Gasteiger partial charge on any atom is 0.266 e. The number of thioether (sulfide) groups is 1. The highest BCUT2D eigenvalue weighted by molar-refractivity contribution is 8.26. The average molecular weight is 455 g/mol. The largest absolute Gasteiger partial charge is 0.325 e. The zero-order valence-electron chi connectivity index (χ0n) is 14.2. The van der Waals surface area contributed by atoms with Gasteiger partial charge in [-0.1, -0.05) is 71.4 Å². The minimum absolute atomic E-state index is 0.0161. The molecular formula is C19H13Cl2FN2O2S2. The van der Waals surface area contributed by atoms with Crippen molar-refractivity contribution in [2.45, 2.75) is 6.42 Å². The van der Waals surface area contributed by atoms with E-state index in [4.69, 9.17) is 35.4 Å². The molecule has 9 heteroatoms. The summed E-state index contributed by atoms with van der Waals surface area (Å²) in [6.07, 6.45) is 1.47. The van der Waals surface area contributed by atoms with E-state index in [9.17, 15) is 14.0 Å². The summed E-state index contributed by atoms with van der Waals surface area (Å²) in [5.41, 5.74) is 0.695. The van der Waals surface area contributed by atoms with Gasteiger partial charge in [0, 0.05) is 18.5 Å². The molecular weight excluding hydrogens is 442 g/mol. The third-order valence-corrected chi connectivity index (χ3v) is 6.05. The summed E-state index contributed by atoms with van der Waals surface area (Å²) >= 11 is 18.3. The summed E-state index contributed by atoms with van der Waals surface area (Å²) in [7, 11) is 0. The van der Waals surface area contributed by atoms with Gasteiger partial charge in [-0.2, -0.15) is 0 Å². The molecule has 0 saturated carbocycles. The first-order valence-electron chi connectivity index (χ1n) is 8.10. The van der Waals surface area contributed by atoms with Crippen molar-refractivity contribution in [3.63, 3.8) is 0 Å². The normalized spacial score (nSPS) is 15.4. The third kappa shape index (κ3) is 4.72. The number of carbonyl (C=O) groups excluding carboxylic acids is 2. The Hall–Kier alpha value is -1.93. The van der Waals surface area contributed by atoms with E-state index in [1.54, 1.807) is 36.4 Å². The number of hydrogen-bond donors (Lipinski definition) is 1. The minimum Gasteiger partial charge on any atom is -0.325 e. The molecule has 0 radical (unpaired) electrons. The van der Waals surface area contributed by atoms with Gasteiger partial charge in [-0.25, -0.2) is 4.39 Å². The molecule has 1 fully saturated rings. The van der Waals surface area contributed by atoms with Crippen molar-refractivity contribution in [3.05, 3.63) is 68.8 Å².